The lowest BCUT2D eigenvalue weighted by Crippen LogP contribution is -2.28. The van der Waals surface area contributed by atoms with Gasteiger partial charge in [0.15, 0.2) is 0 Å². The van der Waals surface area contributed by atoms with E-state index in [-0.39, 0.29) is 18.0 Å². The third kappa shape index (κ3) is 2.31. The number of aromatic amines is 1. The van der Waals surface area contributed by atoms with Gasteiger partial charge in [0.25, 0.3) is 0 Å². The summed E-state index contributed by atoms with van der Waals surface area (Å²) in [5, 5.41) is 0.729. The zero-order valence-electron chi connectivity index (χ0n) is 8.08. The minimum absolute atomic E-state index is 0. The normalized spacial score (nSPS) is 13.5. The van der Waals surface area contributed by atoms with Crippen LogP contribution in [0, 0.1) is 0 Å². The molecule has 0 aliphatic carbocycles. The van der Waals surface area contributed by atoms with Gasteiger partial charge in [-0.15, -0.1) is 12.4 Å². The fourth-order valence-electron chi connectivity index (χ4n) is 1.45. The highest BCUT2D eigenvalue weighted by Crippen LogP contribution is 2.31. The molecule has 0 aliphatic rings. The molecule has 6 heteroatoms. The third-order valence-corrected chi connectivity index (χ3v) is 2.29. The van der Waals surface area contributed by atoms with Crippen molar-refractivity contribution in [1.29, 1.82) is 0 Å². The summed E-state index contributed by atoms with van der Waals surface area (Å²) in [7, 11) is 0. The van der Waals surface area contributed by atoms with E-state index < -0.39 is 12.2 Å². The second kappa shape index (κ2) is 4.35. The molecule has 0 fully saturated rings. The summed E-state index contributed by atoms with van der Waals surface area (Å²) in [5.41, 5.74) is 5.97. The molecule has 3 N–H and O–H groups in total. The van der Waals surface area contributed by atoms with Crippen molar-refractivity contribution in [2.75, 3.05) is 0 Å². The number of alkyl halides is 3. The predicted molar refractivity (Wildman–Crippen MR) is 58.5 cm³/mol. The topological polar surface area (TPSA) is 41.8 Å². The Kier molecular flexibility index (Phi) is 3.50. The van der Waals surface area contributed by atoms with Gasteiger partial charge >= 0.3 is 6.18 Å². The Morgan fingerprint density at radius 1 is 1.19 bits per heavy atom. The van der Waals surface area contributed by atoms with Gasteiger partial charge in [-0.1, -0.05) is 6.07 Å². The van der Waals surface area contributed by atoms with Crippen LogP contribution in [0.1, 0.15) is 11.6 Å². The van der Waals surface area contributed by atoms with Gasteiger partial charge in [0, 0.05) is 11.7 Å². The summed E-state index contributed by atoms with van der Waals surface area (Å²) >= 11 is 0. The van der Waals surface area contributed by atoms with Crippen LogP contribution in [0.4, 0.5) is 13.2 Å². The fraction of sp³-hybridized carbons (Fsp3) is 0.200. The quantitative estimate of drug-likeness (QED) is 0.802. The average molecular weight is 251 g/mol. The number of hydrogen-bond acceptors (Lipinski definition) is 1. The van der Waals surface area contributed by atoms with E-state index >= 15 is 0 Å². The van der Waals surface area contributed by atoms with Crippen LogP contribution in [-0.2, 0) is 0 Å². The summed E-state index contributed by atoms with van der Waals surface area (Å²) in [6, 6.07) is 4.22. The van der Waals surface area contributed by atoms with E-state index in [1.54, 1.807) is 18.3 Å². The van der Waals surface area contributed by atoms with Crippen molar-refractivity contribution in [3.63, 3.8) is 0 Å². The van der Waals surface area contributed by atoms with Crippen molar-refractivity contribution in [2.24, 2.45) is 5.73 Å². The highest BCUT2D eigenvalue weighted by molar-refractivity contribution is 5.85. The molecular weight excluding hydrogens is 241 g/mol. The van der Waals surface area contributed by atoms with Crippen LogP contribution < -0.4 is 5.73 Å². The van der Waals surface area contributed by atoms with Gasteiger partial charge in [-0.3, -0.25) is 0 Å². The average Bonchev–Trinajstić information content (AvgIpc) is 2.61. The van der Waals surface area contributed by atoms with Crippen molar-refractivity contribution < 1.29 is 13.2 Å². The Bertz CT molecular complexity index is 478. The molecule has 88 valence electrons. The van der Waals surface area contributed by atoms with Crippen LogP contribution in [-0.4, -0.2) is 11.2 Å². The number of nitrogens with one attached hydrogen (secondary N) is 1. The highest BCUT2D eigenvalue weighted by atomic mass is 35.5. The number of H-pyrrole nitrogens is 1. The van der Waals surface area contributed by atoms with Gasteiger partial charge in [-0.25, -0.2) is 0 Å². The monoisotopic (exact) mass is 250 g/mol. The maximum absolute atomic E-state index is 12.3. The first-order chi connectivity index (χ1) is 6.98. The maximum atomic E-state index is 12.3. The Balaban J connectivity index is 0.00000128. The number of nitrogens with two attached hydrogens (primary N) is 1. The number of fused-ring (bicyclic) bond motifs is 1. The summed E-state index contributed by atoms with van der Waals surface area (Å²) in [6.45, 7) is 0. The van der Waals surface area contributed by atoms with Crippen molar-refractivity contribution in [1.82, 2.24) is 4.98 Å². The van der Waals surface area contributed by atoms with E-state index in [1.807, 2.05) is 0 Å². The molecule has 0 spiro atoms. The Hall–Kier alpha value is -1.20. The smallest absolute Gasteiger partial charge is 0.361 e. The second-order valence-corrected chi connectivity index (χ2v) is 3.34. The maximum Gasteiger partial charge on any atom is 0.407 e. The molecule has 0 aliphatic heterocycles. The lowest BCUT2D eigenvalue weighted by molar-refractivity contribution is -0.149. The number of benzene rings is 1. The van der Waals surface area contributed by atoms with E-state index in [4.69, 9.17) is 5.73 Å². The summed E-state index contributed by atoms with van der Waals surface area (Å²) < 4.78 is 37.0. The Morgan fingerprint density at radius 3 is 2.50 bits per heavy atom. The first-order valence-corrected chi connectivity index (χ1v) is 4.38. The molecule has 1 atom stereocenters. The molecule has 0 amide bonds. The van der Waals surface area contributed by atoms with Crippen LogP contribution in [0.3, 0.4) is 0 Å². The van der Waals surface area contributed by atoms with Crippen molar-refractivity contribution in [3.8, 4) is 0 Å². The first kappa shape index (κ1) is 12.9. The van der Waals surface area contributed by atoms with Crippen LogP contribution in [0.5, 0.6) is 0 Å². The molecule has 2 rings (SSSR count). The Labute approximate surface area is 96.0 Å². The first-order valence-electron chi connectivity index (χ1n) is 4.38. The molecule has 0 bridgehead atoms. The van der Waals surface area contributed by atoms with Gasteiger partial charge in [0.1, 0.15) is 6.04 Å². The highest BCUT2D eigenvalue weighted by Gasteiger charge is 2.37. The molecule has 0 unspecified atom stereocenters. The molecular formula is C10H10ClF3N2. The standard InChI is InChI=1S/C10H9F3N2.ClH/c11-10(12,13)9(14)7-1-2-8-6(5-7)3-4-15-8;/h1-5,9,15H,14H2;1H/t9-;/m0./s1. The van der Waals surface area contributed by atoms with Gasteiger partial charge < -0.3 is 10.7 Å². The van der Waals surface area contributed by atoms with Gasteiger partial charge in [-0.05, 0) is 29.1 Å². The molecule has 1 aromatic heterocycles. The van der Waals surface area contributed by atoms with Crippen molar-refractivity contribution in [3.05, 3.63) is 36.0 Å². The van der Waals surface area contributed by atoms with Crippen LogP contribution in [0.15, 0.2) is 30.5 Å². The number of rotatable bonds is 1. The minimum atomic E-state index is -4.40. The summed E-state index contributed by atoms with van der Waals surface area (Å²) in [5.74, 6) is 0. The van der Waals surface area contributed by atoms with Crippen molar-refractivity contribution >= 4 is 23.3 Å². The summed E-state index contributed by atoms with van der Waals surface area (Å²) in [4.78, 5) is 2.90. The molecule has 1 aromatic carbocycles. The van der Waals surface area contributed by atoms with Crippen LogP contribution in [0.2, 0.25) is 0 Å². The second-order valence-electron chi connectivity index (χ2n) is 3.34. The van der Waals surface area contributed by atoms with E-state index in [0.717, 1.165) is 10.9 Å². The van der Waals surface area contributed by atoms with Gasteiger partial charge in [0.05, 0.1) is 0 Å². The SMILES string of the molecule is Cl.N[C@@H](c1ccc2[nH]ccc2c1)C(F)(F)F. The molecule has 0 saturated carbocycles. The molecule has 0 radical (unpaired) electrons. The zero-order valence-corrected chi connectivity index (χ0v) is 8.90. The molecule has 2 nitrogen and oxygen atoms in total. The minimum Gasteiger partial charge on any atom is -0.361 e. The van der Waals surface area contributed by atoms with E-state index in [1.165, 1.54) is 12.1 Å². The summed E-state index contributed by atoms with van der Waals surface area (Å²) in [6.07, 6.45) is -2.72. The molecule has 1 heterocycles. The number of halogens is 4. The van der Waals surface area contributed by atoms with Crippen LogP contribution >= 0.6 is 12.4 Å². The molecule has 2 aromatic rings. The lowest BCUT2D eigenvalue weighted by atomic mass is 10.1. The van der Waals surface area contributed by atoms with Gasteiger partial charge in [0.2, 0.25) is 0 Å². The Morgan fingerprint density at radius 2 is 1.88 bits per heavy atom. The zero-order chi connectivity index (χ0) is 11.1. The molecule has 16 heavy (non-hydrogen) atoms. The van der Waals surface area contributed by atoms with E-state index in [2.05, 4.69) is 4.98 Å². The third-order valence-electron chi connectivity index (χ3n) is 2.29. The number of aromatic nitrogens is 1. The van der Waals surface area contributed by atoms with Crippen LogP contribution in [0.25, 0.3) is 10.9 Å². The van der Waals surface area contributed by atoms with Crippen molar-refractivity contribution in [2.45, 2.75) is 12.2 Å². The van der Waals surface area contributed by atoms with E-state index in [0.29, 0.717) is 0 Å². The lowest BCUT2D eigenvalue weighted by Gasteiger charge is -2.15. The van der Waals surface area contributed by atoms with Gasteiger partial charge in [-0.2, -0.15) is 13.2 Å². The fourth-order valence-corrected chi connectivity index (χ4v) is 1.45. The number of hydrogen-bond donors (Lipinski definition) is 2. The van der Waals surface area contributed by atoms with E-state index in [9.17, 15) is 13.2 Å². The predicted octanol–water partition coefficient (Wildman–Crippen LogP) is 3.15. The largest absolute Gasteiger partial charge is 0.407 e. The molecule has 0 saturated heterocycles.